The van der Waals surface area contributed by atoms with Gasteiger partial charge < -0.3 is 15.2 Å². The average Bonchev–Trinajstić information content (AvgIpc) is 3.37. The number of hydrogen-bond donors (Lipinski definition) is 3. The third-order valence-corrected chi connectivity index (χ3v) is 6.62. The number of nitrogens with zero attached hydrogens (tertiary/aromatic N) is 1. The van der Waals surface area contributed by atoms with E-state index in [1.165, 1.54) is 7.11 Å². The first-order valence-corrected chi connectivity index (χ1v) is 10.3. The van der Waals surface area contributed by atoms with Crippen LogP contribution in [0.15, 0.2) is 48.5 Å². The zero-order chi connectivity index (χ0) is 22.6. The number of imide groups is 1. The lowest BCUT2D eigenvalue weighted by Gasteiger charge is -2.29. The molecule has 9 heteroatoms. The number of nitrogens with one attached hydrogen (secondary N) is 2. The van der Waals surface area contributed by atoms with Crippen LogP contribution in [-0.2, 0) is 24.7 Å². The number of carbonyl (C=O) groups is 4. The van der Waals surface area contributed by atoms with Crippen molar-refractivity contribution in [1.82, 2.24) is 5.32 Å². The van der Waals surface area contributed by atoms with Crippen molar-refractivity contribution in [1.29, 1.82) is 0 Å². The van der Waals surface area contributed by atoms with E-state index in [1.54, 1.807) is 48.5 Å². The standard InChI is InChI=1S/C23H21N3O6/c1-32-13-8-6-12(7-9-13)26-20(29)18-16(10-11-17(27)28)25-23(19(18)21(26)30)14-4-2-3-5-15(14)24-22(23)31/h2-9,16,18-19,25H,10-11H2,1H3,(H,24,31)(H,27,28)/t16-,18+,19-,23-/m0/s1. The van der Waals surface area contributed by atoms with Crippen LogP contribution in [0.1, 0.15) is 18.4 Å². The van der Waals surface area contributed by atoms with Gasteiger partial charge in [-0.2, -0.15) is 0 Å². The molecule has 2 fully saturated rings. The number of ether oxygens (including phenoxy) is 1. The summed E-state index contributed by atoms with van der Waals surface area (Å²) in [6, 6.07) is 12.9. The number of carbonyl (C=O) groups excluding carboxylic acids is 3. The lowest BCUT2D eigenvalue weighted by atomic mass is 9.76. The van der Waals surface area contributed by atoms with E-state index in [1.807, 2.05) is 0 Å². The first-order chi connectivity index (χ1) is 15.4. The number of benzene rings is 2. The number of fused-ring (bicyclic) bond motifs is 4. The molecule has 1 spiro atoms. The van der Waals surface area contributed by atoms with E-state index in [-0.39, 0.29) is 12.8 Å². The number of anilines is 2. The maximum Gasteiger partial charge on any atom is 0.303 e. The predicted molar refractivity (Wildman–Crippen MR) is 113 cm³/mol. The largest absolute Gasteiger partial charge is 0.497 e. The highest BCUT2D eigenvalue weighted by atomic mass is 16.5. The molecular formula is C23H21N3O6. The molecule has 2 aromatic rings. The highest BCUT2D eigenvalue weighted by Gasteiger charge is 2.70. The summed E-state index contributed by atoms with van der Waals surface area (Å²) in [7, 11) is 1.52. The lowest BCUT2D eigenvalue weighted by molar-refractivity contribution is -0.137. The van der Waals surface area contributed by atoms with Crippen LogP contribution in [0.3, 0.4) is 0 Å². The average molecular weight is 435 g/mol. The number of aliphatic carboxylic acids is 1. The molecule has 2 saturated heterocycles. The predicted octanol–water partition coefficient (Wildman–Crippen LogP) is 1.48. The Morgan fingerprint density at radius 1 is 1.09 bits per heavy atom. The van der Waals surface area contributed by atoms with Crippen LogP contribution < -0.4 is 20.3 Å². The zero-order valence-electron chi connectivity index (χ0n) is 17.2. The molecule has 0 unspecified atom stereocenters. The minimum atomic E-state index is -1.43. The van der Waals surface area contributed by atoms with Gasteiger partial charge in [0.1, 0.15) is 11.3 Å². The fourth-order valence-corrected chi connectivity index (χ4v) is 5.27. The molecule has 5 rings (SSSR count). The van der Waals surface area contributed by atoms with E-state index >= 15 is 0 Å². The fraction of sp³-hybridized carbons (Fsp3) is 0.304. The van der Waals surface area contributed by atoms with Gasteiger partial charge in [-0.3, -0.25) is 24.5 Å². The summed E-state index contributed by atoms with van der Waals surface area (Å²) in [6.45, 7) is 0. The van der Waals surface area contributed by atoms with Gasteiger partial charge in [-0.25, -0.2) is 4.90 Å². The Hall–Kier alpha value is -3.72. The molecule has 4 atom stereocenters. The van der Waals surface area contributed by atoms with E-state index < -0.39 is 47.1 Å². The molecule has 3 aliphatic rings. The van der Waals surface area contributed by atoms with Crippen LogP contribution in [0, 0.1) is 11.8 Å². The van der Waals surface area contributed by atoms with Crippen LogP contribution in [0.4, 0.5) is 11.4 Å². The van der Waals surface area contributed by atoms with Gasteiger partial charge in [0.2, 0.25) is 17.7 Å². The van der Waals surface area contributed by atoms with Crippen LogP contribution in [0.25, 0.3) is 0 Å². The topological polar surface area (TPSA) is 125 Å². The molecular weight excluding hydrogens is 414 g/mol. The first-order valence-electron chi connectivity index (χ1n) is 10.3. The summed E-state index contributed by atoms with van der Waals surface area (Å²) in [4.78, 5) is 52.8. The Labute approximate surface area is 183 Å². The zero-order valence-corrected chi connectivity index (χ0v) is 17.2. The number of carboxylic acid groups (broad SMARTS) is 1. The molecule has 164 valence electrons. The number of para-hydroxylation sites is 1. The Morgan fingerprint density at radius 3 is 2.50 bits per heavy atom. The molecule has 0 aromatic heterocycles. The minimum absolute atomic E-state index is 0.114. The second-order valence-corrected chi connectivity index (χ2v) is 8.20. The Bertz CT molecular complexity index is 1150. The number of hydrogen-bond acceptors (Lipinski definition) is 6. The van der Waals surface area contributed by atoms with Crippen molar-refractivity contribution in [3.8, 4) is 5.75 Å². The van der Waals surface area contributed by atoms with Gasteiger partial charge in [-0.05, 0) is 36.8 Å². The Morgan fingerprint density at radius 2 is 1.81 bits per heavy atom. The summed E-state index contributed by atoms with van der Waals surface area (Å²) < 4.78 is 5.15. The minimum Gasteiger partial charge on any atom is -0.497 e. The molecule has 0 saturated carbocycles. The Kier molecular flexibility index (Phi) is 4.52. The van der Waals surface area contributed by atoms with Gasteiger partial charge in [0.15, 0.2) is 0 Å². The molecule has 9 nitrogen and oxygen atoms in total. The van der Waals surface area contributed by atoms with E-state index in [0.717, 1.165) is 4.90 Å². The van der Waals surface area contributed by atoms with Crippen molar-refractivity contribution >= 4 is 35.1 Å². The number of methoxy groups -OCH3 is 1. The summed E-state index contributed by atoms with van der Waals surface area (Å²) in [5.74, 6) is -3.62. The number of rotatable bonds is 5. The fourth-order valence-electron chi connectivity index (χ4n) is 5.27. The third kappa shape index (κ3) is 2.67. The lowest BCUT2D eigenvalue weighted by Crippen LogP contribution is -2.53. The maximum atomic E-state index is 13.7. The van der Waals surface area contributed by atoms with Crippen molar-refractivity contribution in [2.24, 2.45) is 11.8 Å². The smallest absolute Gasteiger partial charge is 0.303 e. The molecule has 3 N–H and O–H groups in total. The summed E-state index contributed by atoms with van der Waals surface area (Å²) in [5.41, 5.74) is 0.119. The molecule has 0 aliphatic carbocycles. The SMILES string of the molecule is COc1ccc(N2C(=O)[C@@H]3[C@H](CCC(=O)O)N[C@]4(C(=O)Nc5ccccc54)[C@@H]3C2=O)cc1. The monoisotopic (exact) mass is 435 g/mol. The molecule has 0 radical (unpaired) electrons. The van der Waals surface area contributed by atoms with E-state index in [0.29, 0.717) is 22.7 Å². The molecule has 3 amide bonds. The normalized spacial score (nSPS) is 28.1. The van der Waals surface area contributed by atoms with Crippen LogP contribution in [0.5, 0.6) is 5.75 Å². The summed E-state index contributed by atoms with van der Waals surface area (Å²) >= 11 is 0. The summed E-state index contributed by atoms with van der Waals surface area (Å²) in [6.07, 6.45) is -0.0760. The molecule has 3 aliphatic heterocycles. The number of carboxylic acids is 1. The first kappa shape index (κ1) is 20.2. The third-order valence-electron chi connectivity index (χ3n) is 6.62. The van der Waals surface area contributed by atoms with Crippen LogP contribution in [0.2, 0.25) is 0 Å². The highest BCUT2D eigenvalue weighted by molar-refractivity contribution is 6.25. The van der Waals surface area contributed by atoms with Gasteiger partial charge >= 0.3 is 5.97 Å². The van der Waals surface area contributed by atoms with Gasteiger partial charge in [0.25, 0.3) is 0 Å². The quantitative estimate of drug-likeness (QED) is 0.608. The van der Waals surface area contributed by atoms with E-state index in [4.69, 9.17) is 4.74 Å². The van der Waals surface area contributed by atoms with Crippen molar-refractivity contribution in [3.63, 3.8) is 0 Å². The van der Waals surface area contributed by atoms with Gasteiger partial charge in [0, 0.05) is 23.7 Å². The molecule has 3 heterocycles. The van der Waals surface area contributed by atoms with Crippen molar-refractivity contribution in [3.05, 3.63) is 54.1 Å². The van der Waals surface area contributed by atoms with E-state index in [2.05, 4.69) is 10.6 Å². The molecule has 0 bridgehead atoms. The van der Waals surface area contributed by atoms with Gasteiger partial charge in [-0.15, -0.1) is 0 Å². The van der Waals surface area contributed by atoms with Crippen molar-refractivity contribution in [2.75, 3.05) is 17.3 Å². The van der Waals surface area contributed by atoms with Gasteiger partial charge in [-0.1, -0.05) is 18.2 Å². The highest BCUT2D eigenvalue weighted by Crippen LogP contribution is 2.54. The van der Waals surface area contributed by atoms with Gasteiger partial charge in [0.05, 0.1) is 24.6 Å². The Balaban J connectivity index is 1.61. The molecule has 32 heavy (non-hydrogen) atoms. The van der Waals surface area contributed by atoms with Crippen molar-refractivity contribution in [2.45, 2.75) is 24.4 Å². The van der Waals surface area contributed by atoms with Crippen molar-refractivity contribution < 1.29 is 29.0 Å². The maximum absolute atomic E-state index is 13.7. The molecule has 2 aromatic carbocycles. The van der Waals surface area contributed by atoms with E-state index in [9.17, 15) is 24.3 Å². The number of amides is 3. The second-order valence-electron chi connectivity index (χ2n) is 8.20. The second kappa shape index (κ2) is 7.16. The van der Waals surface area contributed by atoms with Crippen LogP contribution in [-0.4, -0.2) is 41.9 Å². The van der Waals surface area contributed by atoms with Crippen LogP contribution >= 0.6 is 0 Å². The summed E-state index contributed by atoms with van der Waals surface area (Å²) in [5, 5.41) is 15.2.